The van der Waals surface area contributed by atoms with Gasteiger partial charge in [0.05, 0.1) is 26.4 Å². The fourth-order valence-electron chi connectivity index (χ4n) is 1.60. The van der Waals surface area contributed by atoms with E-state index in [1.54, 1.807) is 0 Å². The van der Waals surface area contributed by atoms with E-state index in [9.17, 15) is 4.79 Å². The highest BCUT2D eigenvalue weighted by atomic mass is 16.5. The number of ether oxygens (including phenoxy) is 3. The van der Waals surface area contributed by atoms with Crippen LogP contribution in [0.25, 0.3) is 0 Å². The van der Waals surface area contributed by atoms with Gasteiger partial charge in [-0.15, -0.1) is 0 Å². The first kappa shape index (κ1) is 17.4. The number of methoxy groups -OCH3 is 1. The topological polar surface area (TPSA) is 56.8 Å². The molecule has 5 nitrogen and oxygen atoms in total. The largest absolute Gasteiger partial charge is 0.468 e. The van der Waals surface area contributed by atoms with Crippen LogP contribution in [-0.4, -0.2) is 51.1 Å². The van der Waals surface area contributed by atoms with Gasteiger partial charge in [0.25, 0.3) is 0 Å². The van der Waals surface area contributed by atoms with Crippen LogP contribution in [0.1, 0.15) is 34.1 Å². The van der Waals surface area contributed by atoms with Crippen molar-refractivity contribution < 1.29 is 19.0 Å². The van der Waals surface area contributed by atoms with E-state index in [1.807, 2.05) is 27.7 Å². The van der Waals surface area contributed by atoms with Crippen LogP contribution in [0.3, 0.4) is 0 Å². The van der Waals surface area contributed by atoms with Gasteiger partial charge in [0.2, 0.25) is 0 Å². The third-order valence-electron chi connectivity index (χ3n) is 2.63. The zero-order chi connectivity index (χ0) is 14.0. The number of rotatable bonds is 10. The van der Waals surface area contributed by atoms with Crippen molar-refractivity contribution in [1.82, 2.24) is 5.32 Å². The van der Waals surface area contributed by atoms with Crippen LogP contribution in [0.5, 0.6) is 0 Å². The molecule has 0 radical (unpaired) electrons. The van der Waals surface area contributed by atoms with E-state index in [4.69, 9.17) is 14.2 Å². The van der Waals surface area contributed by atoms with Gasteiger partial charge >= 0.3 is 5.97 Å². The average Bonchev–Trinajstić information content (AvgIpc) is 2.32. The number of esters is 1. The lowest BCUT2D eigenvalue weighted by atomic mass is 9.98. The molecule has 0 aliphatic heterocycles. The maximum atomic E-state index is 11.7. The molecular weight excluding hydrogens is 234 g/mol. The van der Waals surface area contributed by atoms with Crippen LogP contribution >= 0.6 is 0 Å². The van der Waals surface area contributed by atoms with Crippen molar-refractivity contribution in [2.75, 3.05) is 33.5 Å². The number of likely N-dealkylation sites (N-methyl/N-ethyl adjacent to an activating group) is 1. The molecule has 1 unspecified atom stereocenters. The second kappa shape index (κ2) is 9.30. The molecule has 0 aromatic heterocycles. The summed E-state index contributed by atoms with van der Waals surface area (Å²) < 4.78 is 15.6. The van der Waals surface area contributed by atoms with Crippen molar-refractivity contribution in [3.05, 3.63) is 0 Å². The number of hydrogen-bond acceptors (Lipinski definition) is 5. The van der Waals surface area contributed by atoms with Gasteiger partial charge in [0.1, 0.15) is 5.54 Å². The average molecular weight is 261 g/mol. The van der Waals surface area contributed by atoms with Crippen molar-refractivity contribution in [2.24, 2.45) is 0 Å². The van der Waals surface area contributed by atoms with Gasteiger partial charge in [-0.05, 0) is 33.7 Å². The Morgan fingerprint density at radius 3 is 2.44 bits per heavy atom. The van der Waals surface area contributed by atoms with Crippen LogP contribution in [-0.2, 0) is 19.0 Å². The first-order valence-corrected chi connectivity index (χ1v) is 6.49. The second-order valence-electron chi connectivity index (χ2n) is 4.64. The molecule has 0 aliphatic rings. The van der Waals surface area contributed by atoms with Gasteiger partial charge in [0.15, 0.2) is 0 Å². The summed E-state index contributed by atoms with van der Waals surface area (Å²) in [5, 5.41) is 3.13. The molecule has 108 valence electrons. The van der Waals surface area contributed by atoms with Crippen LogP contribution in [0.15, 0.2) is 0 Å². The monoisotopic (exact) mass is 261 g/mol. The molecule has 0 aromatic rings. The highest BCUT2D eigenvalue weighted by Crippen LogP contribution is 2.11. The Morgan fingerprint density at radius 2 is 1.94 bits per heavy atom. The van der Waals surface area contributed by atoms with E-state index in [0.29, 0.717) is 32.8 Å². The Kier molecular flexibility index (Phi) is 8.97. The summed E-state index contributed by atoms with van der Waals surface area (Å²) >= 11 is 0. The van der Waals surface area contributed by atoms with Gasteiger partial charge in [-0.1, -0.05) is 6.92 Å². The van der Waals surface area contributed by atoms with Crippen LogP contribution in [0.2, 0.25) is 0 Å². The summed E-state index contributed by atoms with van der Waals surface area (Å²) in [4.78, 5) is 11.7. The SMILES string of the molecule is CCNC(C)(CCOCCOC(C)C)C(=O)OC. The van der Waals surface area contributed by atoms with Crippen LogP contribution in [0.4, 0.5) is 0 Å². The Labute approximate surface area is 110 Å². The van der Waals surface area contributed by atoms with Gasteiger partial charge < -0.3 is 19.5 Å². The van der Waals surface area contributed by atoms with E-state index in [1.165, 1.54) is 7.11 Å². The van der Waals surface area contributed by atoms with E-state index < -0.39 is 5.54 Å². The quantitative estimate of drug-likeness (QED) is 0.475. The van der Waals surface area contributed by atoms with Gasteiger partial charge in [-0.2, -0.15) is 0 Å². The van der Waals surface area contributed by atoms with Gasteiger partial charge in [-0.25, -0.2) is 0 Å². The van der Waals surface area contributed by atoms with E-state index in [0.717, 1.165) is 0 Å². The zero-order valence-electron chi connectivity index (χ0n) is 12.2. The first-order chi connectivity index (χ1) is 8.46. The van der Waals surface area contributed by atoms with Crippen molar-refractivity contribution in [3.8, 4) is 0 Å². The summed E-state index contributed by atoms with van der Waals surface area (Å²) in [7, 11) is 1.40. The molecular formula is C13H27NO4. The predicted octanol–water partition coefficient (Wildman–Crippen LogP) is 1.36. The molecule has 0 spiro atoms. The second-order valence-corrected chi connectivity index (χ2v) is 4.64. The number of carbonyl (C=O) groups is 1. The van der Waals surface area contributed by atoms with Crippen molar-refractivity contribution >= 4 is 5.97 Å². The van der Waals surface area contributed by atoms with Gasteiger partial charge in [0, 0.05) is 6.61 Å². The lowest BCUT2D eigenvalue weighted by Crippen LogP contribution is -2.50. The minimum Gasteiger partial charge on any atom is -0.468 e. The lowest BCUT2D eigenvalue weighted by Gasteiger charge is -2.27. The highest BCUT2D eigenvalue weighted by molar-refractivity contribution is 5.80. The Morgan fingerprint density at radius 1 is 1.28 bits per heavy atom. The Bertz CT molecular complexity index is 233. The highest BCUT2D eigenvalue weighted by Gasteiger charge is 2.32. The number of hydrogen-bond donors (Lipinski definition) is 1. The molecule has 1 N–H and O–H groups in total. The molecule has 0 bridgehead atoms. The summed E-state index contributed by atoms with van der Waals surface area (Å²) in [6.45, 7) is 10.1. The van der Waals surface area contributed by atoms with Crippen molar-refractivity contribution in [3.63, 3.8) is 0 Å². The molecule has 1 atom stereocenters. The third-order valence-corrected chi connectivity index (χ3v) is 2.63. The summed E-state index contributed by atoms with van der Waals surface area (Å²) in [6, 6.07) is 0. The maximum absolute atomic E-state index is 11.7. The molecule has 0 fully saturated rings. The Balaban J connectivity index is 3.87. The summed E-state index contributed by atoms with van der Waals surface area (Å²) in [5.74, 6) is -0.258. The molecule has 0 heterocycles. The Hall–Kier alpha value is -0.650. The summed E-state index contributed by atoms with van der Waals surface area (Å²) in [6.07, 6.45) is 0.797. The number of nitrogens with one attached hydrogen (secondary N) is 1. The molecule has 0 saturated heterocycles. The van der Waals surface area contributed by atoms with Gasteiger partial charge in [-0.3, -0.25) is 4.79 Å². The zero-order valence-corrected chi connectivity index (χ0v) is 12.2. The van der Waals surface area contributed by atoms with Crippen LogP contribution in [0, 0.1) is 0 Å². The fourth-order valence-corrected chi connectivity index (χ4v) is 1.60. The predicted molar refractivity (Wildman–Crippen MR) is 70.6 cm³/mol. The molecule has 0 saturated carbocycles. The standard InChI is InChI=1S/C13H27NO4/c1-6-14-13(4,12(15)16-5)7-8-17-9-10-18-11(2)3/h11,14H,6-10H2,1-5H3. The van der Waals surface area contributed by atoms with E-state index >= 15 is 0 Å². The van der Waals surface area contributed by atoms with E-state index in [2.05, 4.69) is 5.32 Å². The van der Waals surface area contributed by atoms with Crippen LogP contribution < -0.4 is 5.32 Å². The smallest absolute Gasteiger partial charge is 0.325 e. The molecule has 0 rings (SSSR count). The van der Waals surface area contributed by atoms with Crippen molar-refractivity contribution in [1.29, 1.82) is 0 Å². The molecule has 0 aromatic carbocycles. The minimum atomic E-state index is -0.678. The molecule has 5 heteroatoms. The number of carbonyl (C=O) groups excluding carboxylic acids is 1. The van der Waals surface area contributed by atoms with E-state index in [-0.39, 0.29) is 12.1 Å². The lowest BCUT2D eigenvalue weighted by molar-refractivity contribution is -0.148. The third kappa shape index (κ3) is 6.93. The molecule has 0 amide bonds. The fraction of sp³-hybridized carbons (Fsp3) is 0.923. The minimum absolute atomic E-state index is 0.218. The maximum Gasteiger partial charge on any atom is 0.325 e. The molecule has 18 heavy (non-hydrogen) atoms. The summed E-state index contributed by atoms with van der Waals surface area (Å²) in [5.41, 5.74) is -0.678. The first-order valence-electron chi connectivity index (χ1n) is 6.49. The van der Waals surface area contributed by atoms with Crippen molar-refractivity contribution in [2.45, 2.75) is 45.8 Å². The normalized spacial score (nSPS) is 14.6. The molecule has 0 aliphatic carbocycles.